The fraction of sp³-hybridized carbons (Fsp3) is 0.412. The Morgan fingerprint density at radius 3 is 2.62 bits per heavy atom. The molecule has 1 aromatic carbocycles. The van der Waals surface area contributed by atoms with Gasteiger partial charge in [0.05, 0.1) is 10.0 Å². The Kier molecular flexibility index (Phi) is 6.61. The third-order valence-corrected chi connectivity index (χ3v) is 4.84. The zero-order chi connectivity index (χ0) is 19.4. The van der Waals surface area contributed by atoms with Gasteiger partial charge in [-0.05, 0) is 37.5 Å². The van der Waals surface area contributed by atoms with Crippen molar-refractivity contribution in [2.24, 2.45) is 5.92 Å². The van der Waals surface area contributed by atoms with Crippen LogP contribution in [0.1, 0.15) is 18.9 Å². The quantitative estimate of drug-likeness (QED) is 0.533. The molecule has 1 saturated heterocycles. The predicted molar refractivity (Wildman–Crippen MR) is 95.1 cm³/mol. The molecular formula is C17H18Cl2N2O5. The molecule has 0 aromatic heterocycles. The maximum absolute atomic E-state index is 12.3. The highest BCUT2D eigenvalue weighted by molar-refractivity contribution is 6.43. The Hall–Kier alpha value is -2.12. The average Bonchev–Trinajstić information content (AvgIpc) is 2.84. The van der Waals surface area contributed by atoms with Gasteiger partial charge in [0, 0.05) is 12.6 Å². The number of carbonyl (C=O) groups is 4. The van der Waals surface area contributed by atoms with Crippen molar-refractivity contribution in [3.63, 3.8) is 0 Å². The molecule has 0 spiro atoms. The molecule has 2 amide bonds. The maximum Gasteiger partial charge on any atom is 0.323 e. The molecule has 0 saturated carbocycles. The lowest BCUT2D eigenvalue weighted by Crippen LogP contribution is -2.40. The number of hydrogen-bond donors (Lipinski definition) is 2. The number of Topliss-reactive ketones (excluding diaryl/α,β-unsaturated/α-hetero) is 1. The molecule has 2 rings (SSSR count). The van der Waals surface area contributed by atoms with Crippen LogP contribution in [0.4, 0.5) is 0 Å². The molecular weight excluding hydrogens is 383 g/mol. The number of aliphatic carboxylic acids is 1. The van der Waals surface area contributed by atoms with E-state index in [-0.39, 0.29) is 12.6 Å². The van der Waals surface area contributed by atoms with E-state index in [2.05, 4.69) is 5.32 Å². The summed E-state index contributed by atoms with van der Waals surface area (Å²) in [6.07, 6.45) is 1.23. The van der Waals surface area contributed by atoms with Crippen LogP contribution in [0.2, 0.25) is 10.0 Å². The number of aryl methyl sites for hydroxylation is 1. The average molecular weight is 401 g/mol. The van der Waals surface area contributed by atoms with Crippen molar-refractivity contribution in [3.8, 4) is 0 Å². The van der Waals surface area contributed by atoms with Gasteiger partial charge in [0.25, 0.3) is 5.91 Å². The molecule has 9 heteroatoms. The first kappa shape index (κ1) is 20.2. The van der Waals surface area contributed by atoms with Gasteiger partial charge in [-0.1, -0.05) is 29.3 Å². The minimum Gasteiger partial charge on any atom is -0.480 e. The van der Waals surface area contributed by atoms with E-state index in [0.29, 0.717) is 22.9 Å². The Bertz CT molecular complexity index is 753. The van der Waals surface area contributed by atoms with E-state index in [1.54, 1.807) is 19.1 Å². The third-order valence-electron chi connectivity index (χ3n) is 4.10. The second-order valence-corrected chi connectivity index (χ2v) is 7.01. The summed E-state index contributed by atoms with van der Waals surface area (Å²) in [7, 11) is 0. The van der Waals surface area contributed by atoms with Gasteiger partial charge in [0.1, 0.15) is 12.5 Å². The number of carboxylic acids is 1. The summed E-state index contributed by atoms with van der Waals surface area (Å²) in [6, 6.07) is 5.04. The van der Waals surface area contributed by atoms with Crippen molar-refractivity contribution in [3.05, 3.63) is 33.8 Å². The standard InChI is InChI=1S/C17H18Cl2N2O5/c1-9(2-3-10-4-5-12(18)13(19)6-10)20-16(25)11-7-21(8-14(22)23)17(26)15(11)24/h4-6,9,11H,2-3,7-8H2,1H3,(H,20,25)(H,22,23). The molecule has 1 aliphatic heterocycles. The molecule has 2 unspecified atom stereocenters. The monoisotopic (exact) mass is 400 g/mol. The molecule has 2 N–H and O–H groups in total. The first-order chi connectivity index (χ1) is 12.2. The summed E-state index contributed by atoms with van der Waals surface area (Å²) >= 11 is 11.8. The van der Waals surface area contributed by atoms with E-state index >= 15 is 0 Å². The SMILES string of the molecule is CC(CCc1ccc(Cl)c(Cl)c1)NC(=O)C1CN(CC(=O)O)C(=O)C1=O. The molecule has 1 fully saturated rings. The van der Waals surface area contributed by atoms with E-state index in [9.17, 15) is 19.2 Å². The van der Waals surface area contributed by atoms with E-state index in [0.717, 1.165) is 10.5 Å². The number of nitrogens with zero attached hydrogens (tertiary/aromatic N) is 1. The van der Waals surface area contributed by atoms with Crippen molar-refractivity contribution in [2.45, 2.75) is 25.8 Å². The lowest BCUT2D eigenvalue weighted by atomic mass is 10.0. The number of amides is 2. The second kappa shape index (κ2) is 8.51. The molecule has 1 aromatic rings. The number of rotatable bonds is 7. The maximum atomic E-state index is 12.3. The van der Waals surface area contributed by atoms with Gasteiger partial charge in [-0.25, -0.2) is 0 Å². The topological polar surface area (TPSA) is 104 Å². The molecule has 2 atom stereocenters. The van der Waals surface area contributed by atoms with Crippen molar-refractivity contribution < 1.29 is 24.3 Å². The lowest BCUT2D eigenvalue weighted by Gasteiger charge is -2.17. The van der Waals surface area contributed by atoms with Crippen molar-refractivity contribution in [2.75, 3.05) is 13.1 Å². The highest BCUT2D eigenvalue weighted by Crippen LogP contribution is 2.23. The largest absolute Gasteiger partial charge is 0.480 e. The molecule has 0 radical (unpaired) electrons. The Morgan fingerprint density at radius 1 is 1.31 bits per heavy atom. The summed E-state index contributed by atoms with van der Waals surface area (Å²) in [4.78, 5) is 47.4. The molecule has 0 aliphatic carbocycles. The number of nitrogens with one attached hydrogen (secondary N) is 1. The van der Waals surface area contributed by atoms with Crippen molar-refractivity contribution >= 4 is 46.8 Å². The number of benzene rings is 1. The summed E-state index contributed by atoms with van der Waals surface area (Å²) < 4.78 is 0. The van der Waals surface area contributed by atoms with Gasteiger partial charge in [-0.15, -0.1) is 0 Å². The van der Waals surface area contributed by atoms with Gasteiger partial charge in [0.15, 0.2) is 0 Å². The van der Waals surface area contributed by atoms with Crippen LogP contribution in [0.25, 0.3) is 0 Å². The third kappa shape index (κ3) is 4.95. The fourth-order valence-corrected chi connectivity index (χ4v) is 3.01. The van der Waals surface area contributed by atoms with Crippen LogP contribution in [0.3, 0.4) is 0 Å². The highest BCUT2D eigenvalue weighted by Gasteiger charge is 2.43. The molecule has 0 bridgehead atoms. The zero-order valence-corrected chi connectivity index (χ0v) is 15.5. The molecule has 26 heavy (non-hydrogen) atoms. The van der Waals surface area contributed by atoms with Gasteiger partial charge >= 0.3 is 5.97 Å². The van der Waals surface area contributed by atoms with Gasteiger partial charge < -0.3 is 15.3 Å². The molecule has 7 nitrogen and oxygen atoms in total. The number of ketones is 1. The summed E-state index contributed by atoms with van der Waals surface area (Å²) in [6.45, 7) is 0.974. The van der Waals surface area contributed by atoms with E-state index < -0.39 is 36.0 Å². The number of carbonyl (C=O) groups excluding carboxylic acids is 3. The van der Waals surface area contributed by atoms with Gasteiger partial charge in [-0.2, -0.15) is 0 Å². The highest BCUT2D eigenvalue weighted by atomic mass is 35.5. The van der Waals surface area contributed by atoms with Crippen LogP contribution in [0.15, 0.2) is 18.2 Å². The first-order valence-corrected chi connectivity index (χ1v) is 8.74. The summed E-state index contributed by atoms with van der Waals surface area (Å²) in [5.41, 5.74) is 0.959. The second-order valence-electron chi connectivity index (χ2n) is 6.19. The van der Waals surface area contributed by atoms with Crippen LogP contribution < -0.4 is 5.32 Å². The van der Waals surface area contributed by atoms with E-state index in [1.165, 1.54) is 0 Å². The van der Waals surface area contributed by atoms with Crippen LogP contribution >= 0.6 is 23.2 Å². The minimum absolute atomic E-state index is 0.213. The van der Waals surface area contributed by atoms with Crippen LogP contribution in [0, 0.1) is 5.92 Å². The fourth-order valence-electron chi connectivity index (χ4n) is 2.69. The minimum atomic E-state index is -1.23. The Morgan fingerprint density at radius 2 is 2.00 bits per heavy atom. The van der Waals surface area contributed by atoms with Crippen LogP contribution in [-0.2, 0) is 25.6 Å². The predicted octanol–water partition coefficient (Wildman–Crippen LogP) is 1.54. The normalized spacial score (nSPS) is 18.1. The van der Waals surface area contributed by atoms with Crippen molar-refractivity contribution in [1.29, 1.82) is 0 Å². The molecule has 140 valence electrons. The zero-order valence-electron chi connectivity index (χ0n) is 14.0. The smallest absolute Gasteiger partial charge is 0.323 e. The Labute approximate surface area is 160 Å². The van der Waals surface area contributed by atoms with E-state index in [4.69, 9.17) is 28.3 Å². The van der Waals surface area contributed by atoms with Gasteiger partial charge in [-0.3, -0.25) is 19.2 Å². The number of halogens is 2. The summed E-state index contributed by atoms with van der Waals surface area (Å²) in [5.74, 6) is -4.79. The number of likely N-dealkylation sites (tertiary alicyclic amines) is 1. The number of hydrogen-bond acceptors (Lipinski definition) is 4. The molecule has 1 heterocycles. The molecule has 1 aliphatic rings. The number of carboxylic acid groups (broad SMARTS) is 1. The van der Waals surface area contributed by atoms with Crippen molar-refractivity contribution in [1.82, 2.24) is 10.2 Å². The van der Waals surface area contributed by atoms with Gasteiger partial charge in [0.2, 0.25) is 11.7 Å². The van der Waals surface area contributed by atoms with Crippen LogP contribution in [0.5, 0.6) is 0 Å². The van der Waals surface area contributed by atoms with Crippen LogP contribution in [-0.4, -0.2) is 52.7 Å². The summed E-state index contributed by atoms with van der Waals surface area (Å²) in [5, 5.41) is 12.4. The first-order valence-electron chi connectivity index (χ1n) is 7.98. The van der Waals surface area contributed by atoms with E-state index in [1.807, 2.05) is 6.07 Å². The lowest BCUT2D eigenvalue weighted by molar-refractivity contribution is -0.146. The Balaban J connectivity index is 1.88.